The van der Waals surface area contributed by atoms with Crippen molar-refractivity contribution in [1.29, 1.82) is 0 Å². The summed E-state index contributed by atoms with van der Waals surface area (Å²) >= 11 is 6.93. The smallest absolute Gasteiger partial charge is 0.338 e. The number of carboxylic acid groups (broad SMARTS) is 1. The van der Waals surface area contributed by atoms with Crippen molar-refractivity contribution in [2.75, 3.05) is 27.9 Å². The molecule has 0 aliphatic carbocycles. The Hall–Kier alpha value is -4.15. The number of carbonyl (C=O) groups is 2. The van der Waals surface area contributed by atoms with Crippen molar-refractivity contribution in [3.8, 4) is 23.0 Å². The molecule has 0 saturated heterocycles. The van der Waals surface area contributed by atoms with E-state index in [4.69, 9.17) is 23.7 Å². The minimum absolute atomic E-state index is 0.124. The van der Waals surface area contributed by atoms with Crippen molar-refractivity contribution in [2.24, 2.45) is 4.99 Å². The first-order valence-electron chi connectivity index (χ1n) is 14.4. The number of methoxy groups -OCH3 is 3. The van der Waals surface area contributed by atoms with Gasteiger partial charge in [0.2, 0.25) is 0 Å². The van der Waals surface area contributed by atoms with Gasteiger partial charge < -0.3 is 28.8 Å². The van der Waals surface area contributed by atoms with Crippen molar-refractivity contribution < 1.29 is 38.4 Å². The van der Waals surface area contributed by atoms with Gasteiger partial charge in [-0.3, -0.25) is 9.36 Å². The summed E-state index contributed by atoms with van der Waals surface area (Å²) in [4.78, 5) is 44.0. The largest absolute Gasteiger partial charge is 0.493 e. The second kappa shape index (κ2) is 15.0. The number of benzene rings is 3. The minimum Gasteiger partial charge on any atom is -0.493 e. The molecule has 5 rings (SSSR count). The van der Waals surface area contributed by atoms with Crippen molar-refractivity contribution in [2.45, 2.75) is 26.5 Å². The number of aromatic nitrogens is 1. The van der Waals surface area contributed by atoms with Gasteiger partial charge in [0, 0.05) is 4.47 Å². The van der Waals surface area contributed by atoms with E-state index in [1.165, 1.54) is 43.3 Å². The molecular formula is C34H30BrIN2O9S. The number of esters is 1. The van der Waals surface area contributed by atoms with Gasteiger partial charge in [0.25, 0.3) is 5.56 Å². The number of thiazole rings is 1. The molecular weight excluding hydrogens is 819 g/mol. The maximum atomic E-state index is 14.2. The second-order valence-electron chi connectivity index (χ2n) is 10.4. The molecule has 1 aliphatic heterocycles. The van der Waals surface area contributed by atoms with E-state index < -0.39 is 18.0 Å². The van der Waals surface area contributed by atoms with Crippen LogP contribution in [0.5, 0.6) is 23.0 Å². The zero-order chi connectivity index (χ0) is 34.7. The molecule has 3 aromatic carbocycles. The number of allylic oxidation sites excluding steroid dienone is 1. The molecule has 1 aliphatic rings. The number of hydrogen-bond donors (Lipinski definition) is 1. The Morgan fingerprint density at radius 3 is 2.44 bits per heavy atom. The third kappa shape index (κ3) is 7.00. The number of carbonyl (C=O) groups excluding carboxylic acids is 1. The van der Waals surface area contributed by atoms with Crippen LogP contribution in [0.15, 0.2) is 74.1 Å². The minimum atomic E-state index is -1.02. The van der Waals surface area contributed by atoms with Gasteiger partial charge in [-0.2, -0.15) is 0 Å². The lowest BCUT2D eigenvalue weighted by Gasteiger charge is -2.26. The molecule has 250 valence electrons. The van der Waals surface area contributed by atoms with E-state index in [-0.39, 0.29) is 29.9 Å². The fourth-order valence-corrected chi connectivity index (χ4v) is 7.60. The van der Waals surface area contributed by atoms with Crippen molar-refractivity contribution in [1.82, 2.24) is 4.57 Å². The van der Waals surface area contributed by atoms with Gasteiger partial charge in [-0.1, -0.05) is 39.4 Å². The SMILES string of the molecule is CCOC(=O)C1=C(C)N=c2s/c(=C\c3cc(I)c(OCc4cccc(C(=O)O)c4)c(OC)c3)c(=O)n2[C@H]1c1cc(OC)c(OC)cc1Br. The van der Waals surface area contributed by atoms with Crippen LogP contribution in [0.25, 0.3) is 6.08 Å². The molecule has 0 bridgehead atoms. The predicted octanol–water partition coefficient (Wildman–Crippen LogP) is 5.47. The predicted molar refractivity (Wildman–Crippen MR) is 191 cm³/mol. The number of nitrogens with zero attached hydrogens (tertiary/aromatic N) is 2. The van der Waals surface area contributed by atoms with Crippen LogP contribution in [-0.2, 0) is 16.1 Å². The quantitative estimate of drug-likeness (QED) is 0.154. The van der Waals surface area contributed by atoms with Crippen LogP contribution < -0.4 is 33.8 Å². The number of halogens is 2. The fourth-order valence-electron chi connectivity index (χ4n) is 5.23. The standard InChI is InChI=1S/C34H30BrIN2O9S/c1-6-46-33(42)28-17(2)37-34-38(29(28)21-14-24(43-3)25(44-4)15-22(21)35)31(39)27(48-34)13-19-11-23(36)30(26(12-19)45-5)47-16-18-8-7-9-20(10-18)32(40)41/h7-15,29H,6,16H2,1-5H3,(H,40,41)/b27-13-/t29-/m0/s1. The molecule has 4 aromatic rings. The van der Waals surface area contributed by atoms with Gasteiger partial charge in [0.15, 0.2) is 27.8 Å². The maximum absolute atomic E-state index is 14.2. The molecule has 0 spiro atoms. The van der Waals surface area contributed by atoms with Crippen LogP contribution in [0.2, 0.25) is 0 Å². The highest BCUT2D eigenvalue weighted by atomic mass is 127. The van der Waals surface area contributed by atoms with Crippen molar-refractivity contribution >= 4 is 67.9 Å². The van der Waals surface area contributed by atoms with E-state index in [1.807, 2.05) is 6.07 Å². The van der Waals surface area contributed by atoms with Gasteiger partial charge in [0.05, 0.1) is 58.9 Å². The highest BCUT2D eigenvalue weighted by molar-refractivity contribution is 14.1. The Balaban J connectivity index is 1.60. The Morgan fingerprint density at radius 1 is 1.06 bits per heavy atom. The van der Waals surface area contributed by atoms with E-state index >= 15 is 0 Å². The van der Waals surface area contributed by atoms with E-state index in [2.05, 4.69) is 43.5 Å². The zero-order valence-electron chi connectivity index (χ0n) is 26.5. The number of aromatic carboxylic acids is 1. The average Bonchev–Trinajstić information content (AvgIpc) is 3.36. The molecule has 1 N–H and O–H groups in total. The normalized spacial score (nSPS) is 14.2. The number of fused-ring (bicyclic) bond motifs is 1. The molecule has 1 atom stereocenters. The molecule has 0 radical (unpaired) electrons. The van der Waals surface area contributed by atoms with Crippen LogP contribution in [0.1, 0.15) is 46.9 Å². The Labute approximate surface area is 301 Å². The topological polar surface area (TPSA) is 135 Å². The van der Waals surface area contributed by atoms with Crippen LogP contribution in [0.3, 0.4) is 0 Å². The molecule has 0 amide bonds. The fraction of sp³-hybridized carbons (Fsp3) is 0.235. The van der Waals surface area contributed by atoms with E-state index in [0.717, 1.165) is 0 Å². The van der Waals surface area contributed by atoms with Crippen molar-refractivity contribution in [3.05, 3.63) is 110 Å². The molecule has 14 heteroatoms. The first-order valence-corrected chi connectivity index (χ1v) is 17.1. The highest BCUT2D eigenvalue weighted by Gasteiger charge is 2.35. The molecule has 1 aromatic heterocycles. The average molecular weight is 849 g/mol. The van der Waals surface area contributed by atoms with Crippen LogP contribution in [-0.4, -0.2) is 49.5 Å². The van der Waals surface area contributed by atoms with Crippen LogP contribution >= 0.6 is 49.9 Å². The van der Waals surface area contributed by atoms with Crippen LogP contribution in [0.4, 0.5) is 0 Å². The first kappa shape index (κ1) is 35.2. The van der Waals surface area contributed by atoms with E-state index in [0.29, 0.717) is 62.8 Å². The van der Waals surface area contributed by atoms with E-state index in [1.54, 1.807) is 56.3 Å². The van der Waals surface area contributed by atoms with Gasteiger partial charge in [-0.05, 0) is 95.6 Å². The highest BCUT2D eigenvalue weighted by Crippen LogP contribution is 2.41. The summed E-state index contributed by atoms with van der Waals surface area (Å²) in [6, 6.07) is 12.7. The molecule has 11 nitrogen and oxygen atoms in total. The number of carboxylic acids is 1. The van der Waals surface area contributed by atoms with Gasteiger partial charge in [0.1, 0.15) is 6.61 Å². The van der Waals surface area contributed by atoms with Gasteiger partial charge in [-0.15, -0.1) is 0 Å². The third-order valence-corrected chi connectivity index (χ3v) is 9.89. The van der Waals surface area contributed by atoms with E-state index in [9.17, 15) is 19.5 Å². The third-order valence-electron chi connectivity index (χ3n) is 7.42. The Morgan fingerprint density at radius 2 is 1.77 bits per heavy atom. The zero-order valence-corrected chi connectivity index (χ0v) is 31.0. The van der Waals surface area contributed by atoms with Crippen LogP contribution in [0, 0.1) is 3.57 Å². The lowest BCUT2D eigenvalue weighted by molar-refractivity contribution is -0.139. The number of rotatable bonds is 11. The summed E-state index contributed by atoms with van der Waals surface area (Å²) in [6.07, 6.45) is 1.73. The summed E-state index contributed by atoms with van der Waals surface area (Å²) in [5.74, 6) is 0.212. The summed E-state index contributed by atoms with van der Waals surface area (Å²) in [6.45, 7) is 3.70. The van der Waals surface area contributed by atoms with Gasteiger partial charge >= 0.3 is 11.9 Å². The second-order valence-corrected chi connectivity index (χ2v) is 13.4. The molecule has 0 saturated carbocycles. The summed E-state index contributed by atoms with van der Waals surface area (Å²) in [7, 11) is 4.55. The number of ether oxygens (including phenoxy) is 5. The molecule has 48 heavy (non-hydrogen) atoms. The lowest BCUT2D eigenvalue weighted by atomic mass is 9.95. The van der Waals surface area contributed by atoms with Crippen molar-refractivity contribution in [3.63, 3.8) is 0 Å². The first-order chi connectivity index (χ1) is 23.0. The monoisotopic (exact) mass is 848 g/mol. The number of hydrogen-bond acceptors (Lipinski definition) is 10. The summed E-state index contributed by atoms with van der Waals surface area (Å²) in [5, 5.41) is 9.31. The summed E-state index contributed by atoms with van der Waals surface area (Å²) < 4.78 is 31.3. The Kier molecular flexibility index (Phi) is 11.0. The molecule has 0 fully saturated rings. The molecule has 0 unspecified atom stereocenters. The Bertz CT molecular complexity index is 2140. The lowest BCUT2D eigenvalue weighted by Crippen LogP contribution is -2.40. The maximum Gasteiger partial charge on any atom is 0.338 e. The summed E-state index contributed by atoms with van der Waals surface area (Å²) in [5.41, 5.74) is 2.42. The van der Waals surface area contributed by atoms with Gasteiger partial charge in [-0.25, -0.2) is 14.6 Å². The molecule has 2 heterocycles.